The molecule has 32 heavy (non-hydrogen) atoms. The maximum Gasteiger partial charge on any atom is 0.238 e. The third kappa shape index (κ3) is 5.33. The van der Waals surface area contributed by atoms with E-state index in [2.05, 4.69) is 9.80 Å². The van der Waals surface area contributed by atoms with Crippen molar-refractivity contribution in [3.05, 3.63) is 47.8 Å². The summed E-state index contributed by atoms with van der Waals surface area (Å²) in [6, 6.07) is 9.65. The second-order valence-corrected chi connectivity index (χ2v) is 10.6. The second kappa shape index (κ2) is 8.88. The number of halogens is 1. The normalized spacial score (nSPS) is 18.3. The molecule has 9 heteroatoms. The van der Waals surface area contributed by atoms with E-state index in [4.69, 9.17) is 14.6 Å². The van der Waals surface area contributed by atoms with Crippen LogP contribution in [0.4, 0.5) is 10.1 Å². The van der Waals surface area contributed by atoms with E-state index in [0.717, 1.165) is 50.4 Å². The molecule has 7 nitrogen and oxygen atoms in total. The lowest BCUT2D eigenvalue weighted by Crippen LogP contribution is -2.46. The highest BCUT2D eigenvalue weighted by Gasteiger charge is 2.34. The van der Waals surface area contributed by atoms with Crippen LogP contribution >= 0.6 is 0 Å². The van der Waals surface area contributed by atoms with Gasteiger partial charge in [-0.1, -0.05) is 0 Å². The van der Waals surface area contributed by atoms with Crippen molar-refractivity contribution in [2.45, 2.75) is 37.2 Å². The van der Waals surface area contributed by atoms with Gasteiger partial charge in [-0.05, 0) is 50.6 Å². The molecule has 2 N–H and O–H groups in total. The topological polar surface area (TPSA) is 85.1 Å². The Labute approximate surface area is 189 Å². The van der Waals surface area contributed by atoms with E-state index in [0.29, 0.717) is 24.5 Å². The number of ether oxygens (including phenoxy) is 2. The number of hydrogen-bond donors (Lipinski definition) is 1. The summed E-state index contributed by atoms with van der Waals surface area (Å²) in [5.41, 5.74) is 1.43. The minimum atomic E-state index is -3.83. The number of fused-ring (bicyclic) bond motifs is 1. The van der Waals surface area contributed by atoms with Crippen molar-refractivity contribution < 1.29 is 22.3 Å². The Morgan fingerprint density at radius 1 is 1.12 bits per heavy atom. The quantitative estimate of drug-likeness (QED) is 0.636. The SMILES string of the molecule is CC1(C)Cc2cc(S(N)(=O)=O)cc(OCCCN3CCN(c4ccc(F)cc4)CC3)c2O1. The third-order valence-electron chi connectivity index (χ3n) is 5.87. The van der Waals surface area contributed by atoms with Crippen molar-refractivity contribution in [1.82, 2.24) is 4.90 Å². The molecule has 1 saturated heterocycles. The van der Waals surface area contributed by atoms with Gasteiger partial charge in [0.1, 0.15) is 11.4 Å². The molecule has 0 spiro atoms. The van der Waals surface area contributed by atoms with Gasteiger partial charge in [0.05, 0.1) is 11.5 Å². The van der Waals surface area contributed by atoms with Gasteiger partial charge < -0.3 is 14.4 Å². The molecule has 2 aliphatic rings. The first-order chi connectivity index (χ1) is 15.1. The van der Waals surface area contributed by atoms with Gasteiger partial charge >= 0.3 is 0 Å². The summed E-state index contributed by atoms with van der Waals surface area (Å²) in [5.74, 6) is 0.815. The van der Waals surface area contributed by atoms with Gasteiger partial charge in [0.2, 0.25) is 10.0 Å². The Balaban J connectivity index is 1.30. The van der Waals surface area contributed by atoms with E-state index in [-0.39, 0.29) is 10.7 Å². The van der Waals surface area contributed by atoms with Crippen molar-refractivity contribution in [2.24, 2.45) is 5.14 Å². The number of nitrogens with two attached hydrogens (primary N) is 1. The first kappa shape index (κ1) is 22.8. The Morgan fingerprint density at radius 2 is 1.81 bits per heavy atom. The molecule has 4 rings (SSSR count). The van der Waals surface area contributed by atoms with E-state index >= 15 is 0 Å². The summed E-state index contributed by atoms with van der Waals surface area (Å²) in [7, 11) is -3.83. The first-order valence-electron chi connectivity index (χ1n) is 10.9. The minimum absolute atomic E-state index is 0.0458. The summed E-state index contributed by atoms with van der Waals surface area (Å²) < 4.78 is 48.8. The van der Waals surface area contributed by atoms with Crippen LogP contribution in [0.15, 0.2) is 41.3 Å². The molecule has 0 aliphatic carbocycles. The fraction of sp³-hybridized carbons (Fsp3) is 0.478. The highest BCUT2D eigenvalue weighted by molar-refractivity contribution is 7.89. The monoisotopic (exact) mass is 463 g/mol. The van der Waals surface area contributed by atoms with Crippen LogP contribution in [0.5, 0.6) is 11.5 Å². The highest BCUT2D eigenvalue weighted by atomic mass is 32.2. The summed E-state index contributed by atoms with van der Waals surface area (Å²) in [5, 5.41) is 5.35. The van der Waals surface area contributed by atoms with Crippen molar-refractivity contribution in [3.63, 3.8) is 0 Å². The number of hydrogen-bond acceptors (Lipinski definition) is 6. The number of piperazine rings is 1. The summed E-state index contributed by atoms with van der Waals surface area (Å²) in [4.78, 5) is 4.67. The van der Waals surface area contributed by atoms with Gasteiger partial charge in [0.25, 0.3) is 0 Å². The van der Waals surface area contributed by atoms with Crippen LogP contribution < -0.4 is 19.5 Å². The molecule has 0 atom stereocenters. The number of rotatable bonds is 7. The van der Waals surface area contributed by atoms with Gasteiger partial charge in [0.15, 0.2) is 11.5 Å². The number of sulfonamides is 1. The van der Waals surface area contributed by atoms with Crippen LogP contribution in [0, 0.1) is 5.82 Å². The molecule has 0 amide bonds. The molecule has 0 unspecified atom stereocenters. The van der Waals surface area contributed by atoms with Crippen molar-refractivity contribution in [2.75, 3.05) is 44.2 Å². The van der Waals surface area contributed by atoms with Gasteiger partial charge in [-0.2, -0.15) is 0 Å². The van der Waals surface area contributed by atoms with E-state index in [1.165, 1.54) is 18.2 Å². The average Bonchev–Trinajstić information content (AvgIpc) is 3.05. The van der Waals surface area contributed by atoms with Gasteiger partial charge in [-0.15, -0.1) is 0 Å². The van der Waals surface area contributed by atoms with Crippen LogP contribution in [0.2, 0.25) is 0 Å². The van der Waals surface area contributed by atoms with Crippen molar-refractivity contribution in [3.8, 4) is 11.5 Å². The molecule has 0 aromatic heterocycles. The molecule has 0 bridgehead atoms. The molecular formula is C23H30FN3O4S. The molecule has 0 radical (unpaired) electrons. The summed E-state index contributed by atoms with van der Waals surface area (Å²) in [6.45, 7) is 8.86. The summed E-state index contributed by atoms with van der Waals surface area (Å²) >= 11 is 0. The molecule has 0 saturated carbocycles. The number of nitrogens with zero attached hydrogens (tertiary/aromatic N) is 2. The predicted molar refractivity (Wildman–Crippen MR) is 121 cm³/mol. The molecule has 2 aromatic carbocycles. The van der Waals surface area contributed by atoms with Crippen LogP contribution in [-0.4, -0.2) is 58.2 Å². The molecule has 2 aromatic rings. The molecule has 1 fully saturated rings. The molecule has 174 valence electrons. The zero-order chi connectivity index (χ0) is 22.9. The zero-order valence-corrected chi connectivity index (χ0v) is 19.3. The van der Waals surface area contributed by atoms with Crippen LogP contribution in [0.1, 0.15) is 25.8 Å². The lowest BCUT2D eigenvalue weighted by Gasteiger charge is -2.36. The average molecular weight is 464 g/mol. The third-order valence-corrected chi connectivity index (χ3v) is 6.76. The smallest absolute Gasteiger partial charge is 0.238 e. The van der Waals surface area contributed by atoms with Crippen LogP contribution in [-0.2, 0) is 16.4 Å². The van der Waals surface area contributed by atoms with Crippen LogP contribution in [0.3, 0.4) is 0 Å². The Kier molecular flexibility index (Phi) is 6.33. The Bertz CT molecular complexity index is 1070. The fourth-order valence-electron chi connectivity index (χ4n) is 4.27. The van der Waals surface area contributed by atoms with E-state index in [1.807, 2.05) is 26.0 Å². The standard InChI is InChI=1S/C23H30FN3O4S/c1-23(2)16-17-14-20(32(25,28)29)15-21(22(17)31-23)30-13-3-8-26-9-11-27(12-10-26)19-6-4-18(24)5-7-19/h4-7,14-15H,3,8-13,16H2,1-2H3,(H2,25,28,29). The number of benzene rings is 2. The van der Waals surface area contributed by atoms with Crippen molar-refractivity contribution >= 4 is 15.7 Å². The Morgan fingerprint density at radius 3 is 2.47 bits per heavy atom. The van der Waals surface area contributed by atoms with E-state index in [9.17, 15) is 12.8 Å². The first-order valence-corrected chi connectivity index (χ1v) is 12.4. The predicted octanol–water partition coefficient (Wildman–Crippen LogP) is 2.78. The molecule has 2 heterocycles. The fourth-order valence-corrected chi connectivity index (χ4v) is 4.85. The van der Waals surface area contributed by atoms with Gasteiger partial charge in [-0.3, -0.25) is 4.90 Å². The van der Waals surface area contributed by atoms with Gasteiger partial charge in [-0.25, -0.2) is 17.9 Å². The number of anilines is 1. The van der Waals surface area contributed by atoms with E-state index < -0.39 is 15.6 Å². The van der Waals surface area contributed by atoms with E-state index in [1.54, 1.807) is 6.07 Å². The molecular weight excluding hydrogens is 433 g/mol. The zero-order valence-electron chi connectivity index (χ0n) is 18.5. The summed E-state index contributed by atoms with van der Waals surface area (Å²) in [6.07, 6.45) is 1.40. The van der Waals surface area contributed by atoms with Crippen LogP contribution in [0.25, 0.3) is 0 Å². The molecule has 2 aliphatic heterocycles. The lowest BCUT2D eigenvalue weighted by molar-refractivity contribution is 0.131. The highest BCUT2D eigenvalue weighted by Crippen LogP contribution is 2.43. The Hall–Kier alpha value is -2.36. The maximum absolute atomic E-state index is 13.1. The second-order valence-electron chi connectivity index (χ2n) is 9.00. The maximum atomic E-state index is 13.1. The largest absolute Gasteiger partial charge is 0.490 e. The minimum Gasteiger partial charge on any atom is -0.490 e. The number of primary sulfonamides is 1. The van der Waals surface area contributed by atoms with Gasteiger partial charge in [0, 0.05) is 56.5 Å². The lowest BCUT2D eigenvalue weighted by atomic mass is 10.0. The van der Waals surface area contributed by atoms with Crippen molar-refractivity contribution in [1.29, 1.82) is 0 Å².